The standard InChI is InChI=1S/C18H19BrClFO3/c1-3-24-18-9-15(21)5-4-12(18)6-13-7-16(19)14(8-17(13)20)10-23-11-22-2/h4-5,7-9H,3,6,10-11H2,1-2H3. The van der Waals surface area contributed by atoms with E-state index in [0.717, 1.165) is 21.2 Å². The van der Waals surface area contributed by atoms with Crippen LogP contribution in [0.15, 0.2) is 34.8 Å². The van der Waals surface area contributed by atoms with Crippen LogP contribution in [0.3, 0.4) is 0 Å². The van der Waals surface area contributed by atoms with Gasteiger partial charge in [-0.1, -0.05) is 33.6 Å². The zero-order chi connectivity index (χ0) is 17.5. The van der Waals surface area contributed by atoms with Crippen molar-refractivity contribution in [2.75, 3.05) is 20.5 Å². The van der Waals surface area contributed by atoms with Crippen molar-refractivity contribution in [2.45, 2.75) is 20.0 Å². The van der Waals surface area contributed by atoms with E-state index in [1.54, 1.807) is 13.2 Å². The molecule has 0 N–H and O–H groups in total. The first-order valence-corrected chi connectivity index (χ1v) is 8.67. The van der Waals surface area contributed by atoms with Gasteiger partial charge in [0.1, 0.15) is 18.4 Å². The van der Waals surface area contributed by atoms with Gasteiger partial charge in [0.15, 0.2) is 0 Å². The molecule has 2 rings (SSSR count). The first kappa shape index (κ1) is 19.2. The molecule has 0 atom stereocenters. The van der Waals surface area contributed by atoms with Gasteiger partial charge in [0.05, 0.1) is 13.2 Å². The van der Waals surface area contributed by atoms with Gasteiger partial charge in [0, 0.05) is 29.1 Å². The van der Waals surface area contributed by atoms with Crippen LogP contribution in [-0.2, 0) is 22.5 Å². The molecule has 24 heavy (non-hydrogen) atoms. The number of benzene rings is 2. The van der Waals surface area contributed by atoms with Gasteiger partial charge in [0.2, 0.25) is 0 Å². The summed E-state index contributed by atoms with van der Waals surface area (Å²) >= 11 is 9.94. The van der Waals surface area contributed by atoms with Gasteiger partial charge in [-0.25, -0.2) is 4.39 Å². The lowest BCUT2D eigenvalue weighted by atomic mass is 10.0. The second-order valence-corrected chi connectivity index (χ2v) is 6.41. The molecule has 0 heterocycles. The van der Waals surface area contributed by atoms with Crippen LogP contribution in [0.4, 0.5) is 4.39 Å². The molecule has 0 aliphatic carbocycles. The van der Waals surface area contributed by atoms with E-state index >= 15 is 0 Å². The van der Waals surface area contributed by atoms with Crippen LogP contribution in [0.2, 0.25) is 5.02 Å². The summed E-state index contributed by atoms with van der Waals surface area (Å²) in [6.07, 6.45) is 0.548. The minimum Gasteiger partial charge on any atom is -0.493 e. The largest absolute Gasteiger partial charge is 0.493 e. The van der Waals surface area contributed by atoms with Crippen LogP contribution in [0, 0.1) is 5.82 Å². The average Bonchev–Trinajstić information content (AvgIpc) is 2.54. The Morgan fingerprint density at radius 1 is 1.12 bits per heavy atom. The Labute approximate surface area is 154 Å². The highest BCUT2D eigenvalue weighted by Crippen LogP contribution is 2.30. The molecule has 0 unspecified atom stereocenters. The summed E-state index contributed by atoms with van der Waals surface area (Å²) < 4.78 is 30.1. The maximum absolute atomic E-state index is 13.4. The predicted octanol–water partition coefficient (Wildman–Crippen LogP) is 5.35. The predicted molar refractivity (Wildman–Crippen MR) is 96.2 cm³/mol. The van der Waals surface area contributed by atoms with E-state index in [4.69, 9.17) is 25.8 Å². The Morgan fingerprint density at radius 2 is 1.92 bits per heavy atom. The maximum Gasteiger partial charge on any atom is 0.146 e. The van der Waals surface area contributed by atoms with Crippen molar-refractivity contribution in [3.05, 3.63) is 62.3 Å². The van der Waals surface area contributed by atoms with Crippen LogP contribution in [0.5, 0.6) is 5.75 Å². The van der Waals surface area contributed by atoms with E-state index in [9.17, 15) is 4.39 Å². The fraction of sp³-hybridized carbons (Fsp3) is 0.333. The summed E-state index contributed by atoms with van der Waals surface area (Å²) in [5, 5.41) is 0.626. The number of ether oxygens (including phenoxy) is 3. The van der Waals surface area contributed by atoms with E-state index in [1.807, 2.05) is 19.1 Å². The normalized spacial score (nSPS) is 10.9. The lowest BCUT2D eigenvalue weighted by Crippen LogP contribution is -2.01. The molecule has 130 valence electrons. The minimum atomic E-state index is -0.319. The fourth-order valence-electron chi connectivity index (χ4n) is 2.28. The van der Waals surface area contributed by atoms with Crippen molar-refractivity contribution in [1.29, 1.82) is 0 Å². The van der Waals surface area contributed by atoms with E-state index in [-0.39, 0.29) is 12.6 Å². The third-order valence-electron chi connectivity index (χ3n) is 3.38. The van der Waals surface area contributed by atoms with Gasteiger partial charge < -0.3 is 14.2 Å². The molecule has 0 radical (unpaired) electrons. The molecule has 0 bridgehead atoms. The quantitative estimate of drug-likeness (QED) is 0.428. The highest BCUT2D eigenvalue weighted by atomic mass is 79.9. The van der Waals surface area contributed by atoms with Gasteiger partial charge in [0.25, 0.3) is 0 Å². The van der Waals surface area contributed by atoms with Crippen molar-refractivity contribution in [3.63, 3.8) is 0 Å². The number of hydrogen-bond donors (Lipinski definition) is 0. The van der Waals surface area contributed by atoms with Crippen LogP contribution in [0.25, 0.3) is 0 Å². The summed E-state index contributed by atoms with van der Waals surface area (Å²) in [6.45, 7) is 2.96. The highest BCUT2D eigenvalue weighted by molar-refractivity contribution is 9.10. The molecule has 0 saturated carbocycles. The Kier molecular flexibility index (Phi) is 7.49. The van der Waals surface area contributed by atoms with E-state index in [1.165, 1.54) is 12.1 Å². The summed E-state index contributed by atoms with van der Waals surface area (Å²) in [5.74, 6) is 0.220. The molecule has 0 aliphatic heterocycles. The van der Waals surface area contributed by atoms with Crippen LogP contribution >= 0.6 is 27.5 Å². The SMILES string of the molecule is CCOc1cc(F)ccc1Cc1cc(Br)c(COCOC)cc1Cl. The Balaban J connectivity index is 2.22. The van der Waals surface area contributed by atoms with Crippen LogP contribution in [-0.4, -0.2) is 20.5 Å². The van der Waals surface area contributed by atoms with Gasteiger partial charge >= 0.3 is 0 Å². The molecule has 0 fully saturated rings. The molecule has 2 aromatic carbocycles. The Bertz CT molecular complexity index is 694. The summed E-state index contributed by atoms with van der Waals surface area (Å²) in [5.41, 5.74) is 2.74. The molecule has 6 heteroatoms. The summed E-state index contributed by atoms with van der Waals surface area (Å²) in [6, 6.07) is 8.36. The van der Waals surface area contributed by atoms with E-state index in [0.29, 0.717) is 30.4 Å². The van der Waals surface area contributed by atoms with Gasteiger partial charge in [-0.05, 0) is 41.8 Å². The number of methoxy groups -OCH3 is 1. The zero-order valence-electron chi connectivity index (χ0n) is 13.6. The third-order valence-corrected chi connectivity index (χ3v) is 4.47. The first-order valence-electron chi connectivity index (χ1n) is 7.49. The lowest BCUT2D eigenvalue weighted by Gasteiger charge is -2.13. The number of hydrogen-bond acceptors (Lipinski definition) is 3. The lowest BCUT2D eigenvalue weighted by molar-refractivity contribution is -0.0392. The number of rotatable bonds is 8. The highest BCUT2D eigenvalue weighted by Gasteiger charge is 2.12. The second-order valence-electron chi connectivity index (χ2n) is 5.15. The molecule has 0 spiro atoms. The average molecular weight is 418 g/mol. The minimum absolute atomic E-state index is 0.221. The molecule has 2 aromatic rings. The van der Waals surface area contributed by atoms with Gasteiger partial charge in [-0.2, -0.15) is 0 Å². The van der Waals surface area contributed by atoms with Gasteiger partial charge in [-0.15, -0.1) is 0 Å². The van der Waals surface area contributed by atoms with E-state index < -0.39 is 0 Å². The molecular weight excluding hydrogens is 399 g/mol. The van der Waals surface area contributed by atoms with Crippen molar-refractivity contribution in [2.24, 2.45) is 0 Å². The Morgan fingerprint density at radius 3 is 2.62 bits per heavy atom. The molecule has 0 aliphatic rings. The Hall–Kier alpha value is -1.14. The molecule has 0 amide bonds. The molecule has 0 aromatic heterocycles. The van der Waals surface area contributed by atoms with E-state index in [2.05, 4.69) is 15.9 Å². The summed E-state index contributed by atoms with van der Waals surface area (Å²) in [4.78, 5) is 0. The smallest absolute Gasteiger partial charge is 0.146 e. The van der Waals surface area contributed by atoms with Crippen LogP contribution in [0.1, 0.15) is 23.6 Å². The monoisotopic (exact) mass is 416 g/mol. The van der Waals surface area contributed by atoms with Crippen molar-refractivity contribution in [3.8, 4) is 5.75 Å². The molecule has 3 nitrogen and oxygen atoms in total. The fourth-order valence-corrected chi connectivity index (χ4v) is 3.04. The third kappa shape index (κ3) is 5.18. The second kappa shape index (κ2) is 9.37. The maximum atomic E-state index is 13.4. The first-order chi connectivity index (χ1) is 11.5. The zero-order valence-corrected chi connectivity index (χ0v) is 15.9. The summed E-state index contributed by atoms with van der Waals surface area (Å²) in [7, 11) is 1.57. The number of halogens is 3. The van der Waals surface area contributed by atoms with Crippen molar-refractivity contribution < 1.29 is 18.6 Å². The molecule has 0 saturated heterocycles. The topological polar surface area (TPSA) is 27.7 Å². The van der Waals surface area contributed by atoms with Crippen molar-refractivity contribution in [1.82, 2.24) is 0 Å². The van der Waals surface area contributed by atoms with Crippen molar-refractivity contribution >= 4 is 27.5 Å². The van der Waals surface area contributed by atoms with Gasteiger partial charge in [-0.3, -0.25) is 0 Å². The van der Waals surface area contributed by atoms with Crippen LogP contribution < -0.4 is 4.74 Å². The molecular formula is C18H19BrClFO3.